The number of methoxy groups -OCH3 is 1. The van der Waals surface area contributed by atoms with Crippen LogP contribution in [0.5, 0.6) is 5.75 Å². The zero-order valence-corrected chi connectivity index (χ0v) is 15.0. The second kappa shape index (κ2) is 8.70. The monoisotopic (exact) mass is 354 g/mol. The van der Waals surface area contributed by atoms with E-state index in [2.05, 4.69) is 10.6 Å². The highest BCUT2D eigenvalue weighted by Gasteiger charge is 2.39. The van der Waals surface area contributed by atoms with Crippen molar-refractivity contribution < 1.29 is 14.3 Å². The predicted molar refractivity (Wildman–Crippen MR) is 95.6 cm³/mol. The highest BCUT2D eigenvalue weighted by atomic mass is 35.5. The molecule has 2 fully saturated rings. The number of para-hydroxylation sites is 1. The van der Waals surface area contributed by atoms with Crippen LogP contribution >= 0.6 is 12.4 Å². The molecule has 1 aromatic rings. The molecular weight excluding hydrogens is 328 g/mol. The van der Waals surface area contributed by atoms with E-state index in [-0.39, 0.29) is 18.3 Å². The predicted octanol–water partition coefficient (Wildman–Crippen LogP) is 2.28. The Labute approximate surface area is 149 Å². The summed E-state index contributed by atoms with van der Waals surface area (Å²) in [6.07, 6.45) is 3.94. The molecule has 0 atom stereocenters. The molecular formula is C18H27ClN2O3. The third-order valence-electron chi connectivity index (χ3n) is 4.80. The van der Waals surface area contributed by atoms with Gasteiger partial charge in [-0.3, -0.25) is 4.79 Å². The lowest BCUT2D eigenvalue weighted by molar-refractivity contribution is -0.146. The molecule has 6 heteroatoms. The Kier molecular flexibility index (Phi) is 6.90. The van der Waals surface area contributed by atoms with Gasteiger partial charge in [-0.25, -0.2) is 0 Å². The van der Waals surface area contributed by atoms with Crippen LogP contribution in [0, 0.1) is 5.92 Å². The zero-order chi connectivity index (χ0) is 16.1. The molecule has 2 N–H and O–H groups in total. The number of ether oxygens (including phenoxy) is 2. The van der Waals surface area contributed by atoms with Crippen molar-refractivity contribution in [2.24, 2.45) is 5.92 Å². The summed E-state index contributed by atoms with van der Waals surface area (Å²) in [5, 5.41) is 6.30. The molecule has 134 valence electrons. The van der Waals surface area contributed by atoms with Crippen LogP contribution in [0.25, 0.3) is 0 Å². The zero-order valence-electron chi connectivity index (χ0n) is 14.2. The maximum atomic E-state index is 12.6. The molecule has 0 aromatic heterocycles. The highest BCUT2D eigenvalue weighted by Crippen LogP contribution is 2.30. The van der Waals surface area contributed by atoms with Crippen LogP contribution in [0.3, 0.4) is 0 Å². The van der Waals surface area contributed by atoms with Crippen molar-refractivity contribution in [1.82, 2.24) is 10.6 Å². The summed E-state index contributed by atoms with van der Waals surface area (Å²) in [7, 11) is 1.62. The van der Waals surface area contributed by atoms with Gasteiger partial charge in [-0.05, 0) is 50.8 Å². The van der Waals surface area contributed by atoms with Crippen molar-refractivity contribution in [2.45, 2.75) is 37.8 Å². The maximum Gasteiger partial charge on any atom is 0.252 e. The van der Waals surface area contributed by atoms with Gasteiger partial charge < -0.3 is 20.1 Å². The quantitative estimate of drug-likeness (QED) is 0.788. The van der Waals surface area contributed by atoms with Gasteiger partial charge in [-0.2, -0.15) is 0 Å². The number of hydrogen-bond donors (Lipinski definition) is 2. The average Bonchev–Trinajstić information content (AvgIpc) is 3.43. The Morgan fingerprint density at radius 1 is 1.29 bits per heavy atom. The average molecular weight is 355 g/mol. The first-order valence-electron chi connectivity index (χ1n) is 8.48. The minimum Gasteiger partial charge on any atom is -0.493 e. The molecule has 0 bridgehead atoms. The summed E-state index contributed by atoms with van der Waals surface area (Å²) in [4.78, 5) is 12.6. The number of piperidine rings is 1. The third kappa shape index (κ3) is 4.62. The summed E-state index contributed by atoms with van der Waals surface area (Å²) in [5.41, 5.74) is 0.316. The Hall–Kier alpha value is -1.30. The highest BCUT2D eigenvalue weighted by molar-refractivity contribution is 5.85. The van der Waals surface area contributed by atoms with Crippen molar-refractivity contribution in [1.29, 1.82) is 0 Å². The fraction of sp³-hybridized carbons (Fsp3) is 0.611. The van der Waals surface area contributed by atoms with Gasteiger partial charge in [-0.15, -0.1) is 12.4 Å². The maximum absolute atomic E-state index is 12.6. The first-order chi connectivity index (χ1) is 11.2. The van der Waals surface area contributed by atoms with Crippen molar-refractivity contribution in [3.05, 3.63) is 29.8 Å². The van der Waals surface area contributed by atoms with Crippen LogP contribution < -0.4 is 15.4 Å². The molecule has 1 aliphatic carbocycles. The molecule has 0 spiro atoms. The van der Waals surface area contributed by atoms with E-state index in [1.807, 2.05) is 24.3 Å². The first kappa shape index (κ1) is 19.0. The van der Waals surface area contributed by atoms with Crippen LogP contribution in [0.1, 0.15) is 31.2 Å². The largest absolute Gasteiger partial charge is 0.493 e. The molecule has 1 amide bonds. The summed E-state index contributed by atoms with van der Waals surface area (Å²) in [6.45, 7) is 2.86. The lowest BCUT2D eigenvalue weighted by Crippen LogP contribution is -2.53. The Bertz CT molecular complexity index is 543. The third-order valence-corrected chi connectivity index (χ3v) is 4.80. The van der Waals surface area contributed by atoms with E-state index < -0.39 is 5.60 Å². The number of hydrogen-bond acceptors (Lipinski definition) is 4. The number of rotatable bonds is 7. The first-order valence-corrected chi connectivity index (χ1v) is 8.48. The summed E-state index contributed by atoms with van der Waals surface area (Å²) in [6, 6.07) is 7.92. The Balaban J connectivity index is 0.00000208. The van der Waals surface area contributed by atoms with Gasteiger partial charge in [0.2, 0.25) is 0 Å². The van der Waals surface area contributed by atoms with E-state index in [9.17, 15) is 4.79 Å². The topological polar surface area (TPSA) is 59.6 Å². The van der Waals surface area contributed by atoms with E-state index in [4.69, 9.17) is 9.47 Å². The number of halogens is 1. The molecule has 3 rings (SSSR count). The fourth-order valence-corrected chi connectivity index (χ4v) is 2.97. The molecule has 5 nitrogen and oxygen atoms in total. The Morgan fingerprint density at radius 3 is 2.67 bits per heavy atom. The van der Waals surface area contributed by atoms with Gasteiger partial charge in [0, 0.05) is 19.2 Å². The molecule has 1 aromatic carbocycles. The van der Waals surface area contributed by atoms with Crippen molar-refractivity contribution >= 4 is 18.3 Å². The van der Waals surface area contributed by atoms with Crippen LogP contribution in [0.4, 0.5) is 0 Å². The van der Waals surface area contributed by atoms with Gasteiger partial charge in [0.1, 0.15) is 11.4 Å². The van der Waals surface area contributed by atoms with Gasteiger partial charge in [0.05, 0.1) is 6.61 Å². The minimum absolute atomic E-state index is 0. The van der Waals surface area contributed by atoms with E-state index >= 15 is 0 Å². The molecule has 0 radical (unpaired) electrons. The van der Waals surface area contributed by atoms with Crippen LogP contribution in [0.2, 0.25) is 0 Å². The minimum atomic E-state index is -0.699. The lowest BCUT2D eigenvalue weighted by Gasteiger charge is -2.34. The van der Waals surface area contributed by atoms with Crippen LogP contribution in [-0.2, 0) is 16.1 Å². The van der Waals surface area contributed by atoms with E-state index in [0.717, 1.165) is 31.0 Å². The molecule has 1 heterocycles. The standard InChI is InChI=1S/C18H26N2O3.ClH/c1-22-18(8-10-19-11-9-18)17(21)20-12-15-4-2-3-5-16(15)23-13-14-6-7-14;/h2-5,14,19H,6-13H2,1H3,(H,20,21);1H. The Morgan fingerprint density at radius 2 is 2.00 bits per heavy atom. The van der Waals surface area contributed by atoms with Crippen molar-refractivity contribution in [3.8, 4) is 5.75 Å². The normalized spacial score (nSPS) is 19.2. The molecule has 0 unspecified atom stereocenters. The van der Waals surface area contributed by atoms with Crippen LogP contribution in [-0.4, -0.2) is 38.3 Å². The number of nitrogens with one attached hydrogen (secondary N) is 2. The van der Waals surface area contributed by atoms with E-state index in [1.54, 1.807) is 7.11 Å². The number of benzene rings is 1. The number of carbonyl (C=O) groups excluding carboxylic acids is 1. The van der Waals surface area contributed by atoms with Gasteiger partial charge >= 0.3 is 0 Å². The second-order valence-corrected chi connectivity index (χ2v) is 6.49. The second-order valence-electron chi connectivity index (χ2n) is 6.49. The van der Waals surface area contributed by atoms with E-state index in [1.165, 1.54) is 12.8 Å². The smallest absolute Gasteiger partial charge is 0.252 e. The molecule has 1 saturated carbocycles. The summed E-state index contributed by atoms with van der Waals surface area (Å²) >= 11 is 0. The van der Waals surface area contributed by atoms with Gasteiger partial charge in [0.15, 0.2) is 0 Å². The summed E-state index contributed by atoms with van der Waals surface area (Å²) in [5.74, 6) is 1.55. The fourth-order valence-electron chi connectivity index (χ4n) is 2.97. The number of carbonyl (C=O) groups is 1. The van der Waals surface area contributed by atoms with Gasteiger partial charge in [-0.1, -0.05) is 18.2 Å². The van der Waals surface area contributed by atoms with Gasteiger partial charge in [0.25, 0.3) is 5.91 Å². The summed E-state index contributed by atoms with van der Waals surface area (Å²) < 4.78 is 11.5. The van der Waals surface area contributed by atoms with Crippen molar-refractivity contribution in [2.75, 3.05) is 26.8 Å². The van der Waals surface area contributed by atoms with E-state index in [0.29, 0.717) is 25.3 Å². The van der Waals surface area contributed by atoms with Crippen molar-refractivity contribution in [3.63, 3.8) is 0 Å². The number of amides is 1. The molecule has 24 heavy (non-hydrogen) atoms. The lowest BCUT2D eigenvalue weighted by atomic mass is 9.91. The molecule has 2 aliphatic rings. The molecule has 1 aliphatic heterocycles. The SMILES string of the molecule is COC1(C(=O)NCc2ccccc2OCC2CC2)CCNCC1.Cl. The molecule has 1 saturated heterocycles. The van der Waals surface area contributed by atoms with Crippen LogP contribution in [0.15, 0.2) is 24.3 Å².